The number of para-hydroxylation sites is 2. The van der Waals surface area contributed by atoms with Crippen molar-refractivity contribution in [2.75, 3.05) is 35.7 Å². The van der Waals surface area contributed by atoms with Gasteiger partial charge in [0.05, 0.1) is 34.5 Å². The third kappa shape index (κ3) is 1.81. The van der Waals surface area contributed by atoms with E-state index in [9.17, 15) is 0 Å². The van der Waals surface area contributed by atoms with E-state index in [0.717, 1.165) is 35.4 Å². The summed E-state index contributed by atoms with van der Waals surface area (Å²) >= 11 is 0. The molecule has 0 aliphatic carbocycles. The summed E-state index contributed by atoms with van der Waals surface area (Å²) in [6.07, 6.45) is 1.80. The van der Waals surface area contributed by atoms with Gasteiger partial charge in [0.1, 0.15) is 0 Å². The molecule has 4 rings (SSSR count). The van der Waals surface area contributed by atoms with Crippen molar-refractivity contribution in [1.29, 1.82) is 0 Å². The van der Waals surface area contributed by atoms with E-state index < -0.39 is 0 Å². The summed E-state index contributed by atoms with van der Waals surface area (Å²) in [6.45, 7) is 1.88. The standard InChI is InChI=1S/C16H17N5/c1-20-6-7-21(15-5-3-2-4-14(15)20)16-9-13-11(8-12(16)17)10-18-19-13/h2-5,8-10H,6-7,17H2,1H3,(H,18,19). The van der Waals surface area contributed by atoms with Crippen molar-refractivity contribution in [3.63, 3.8) is 0 Å². The van der Waals surface area contributed by atoms with E-state index in [1.54, 1.807) is 6.20 Å². The number of aromatic nitrogens is 2. The second-order valence-electron chi connectivity index (χ2n) is 5.43. The van der Waals surface area contributed by atoms with Crippen LogP contribution in [0.25, 0.3) is 10.9 Å². The van der Waals surface area contributed by atoms with E-state index in [0.29, 0.717) is 0 Å². The van der Waals surface area contributed by atoms with Crippen LogP contribution >= 0.6 is 0 Å². The molecule has 21 heavy (non-hydrogen) atoms. The number of nitrogens with one attached hydrogen (secondary N) is 1. The van der Waals surface area contributed by atoms with Crippen LogP contribution in [-0.4, -0.2) is 30.3 Å². The van der Waals surface area contributed by atoms with Gasteiger partial charge in [-0.2, -0.15) is 5.10 Å². The molecule has 2 aromatic carbocycles. The van der Waals surface area contributed by atoms with Crippen molar-refractivity contribution < 1.29 is 0 Å². The summed E-state index contributed by atoms with van der Waals surface area (Å²) in [7, 11) is 2.12. The third-order valence-corrected chi connectivity index (χ3v) is 4.12. The Morgan fingerprint density at radius 1 is 1.10 bits per heavy atom. The first-order valence-corrected chi connectivity index (χ1v) is 7.04. The van der Waals surface area contributed by atoms with Crippen molar-refractivity contribution >= 4 is 33.7 Å². The number of rotatable bonds is 1. The van der Waals surface area contributed by atoms with Crippen LogP contribution < -0.4 is 15.5 Å². The molecule has 0 amide bonds. The van der Waals surface area contributed by atoms with E-state index >= 15 is 0 Å². The number of H-pyrrole nitrogens is 1. The second kappa shape index (κ2) is 4.41. The molecule has 0 bridgehead atoms. The van der Waals surface area contributed by atoms with Crippen LogP contribution in [0.2, 0.25) is 0 Å². The lowest BCUT2D eigenvalue weighted by Crippen LogP contribution is -2.36. The van der Waals surface area contributed by atoms with Crippen LogP contribution in [0.3, 0.4) is 0 Å². The molecule has 3 N–H and O–H groups in total. The maximum atomic E-state index is 6.27. The fraction of sp³-hybridized carbons (Fsp3) is 0.188. The lowest BCUT2D eigenvalue weighted by atomic mass is 10.1. The van der Waals surface area contributed by atoms with Gasteiger partial charge < -0.3 is 15.5 Å². The van der Waals surface area contributed by atoms with Crippen molar-refractivity contribution in [3.05, 3.63) is 42.6 Å². The van der Waals surface area contributed by atoms with Crippen LogP contribution in [0.1, 0.15) is 0 Å². The summed E-state index contributed by atoms with van der Waals surface area (Å²) in [4.78, 5) is 4.56. The van der Waals surface area contributed by atoms with Crippen LogP contribution in [0.5, 0.6) is 0 Å². The number of hydrogen-bond donors (Lipinski definition) is 2. The number of nitrogen functional groups attached to an aromatic ring is 1. The van der Waals surface area contributed by atoms with Crippen molar-refractivity contribution in [2.45, 2.75) is 0 Å². The summed E-state index contributed by atoms with van der Waals surface area (Å²) < 4.78 is 0. The Morgan fingerprint density at radius 2 is 1.90 bits per heavy atom. The maximum absolute atomic E-state index is 6.27. The molecular weight excluding hydrogens is 262 g/mol. The molecule has 0 radical (unpaired) electrons. The molecule has 5 nitrogen and oxygen atoms in total. The highest BCUT2D eigenvalue weighted by Crippen LogP contribution is 2.40. The molecule has 1 aliphatic heterocycles. The van der Waals surface area contributed by atoms with Gasteiger partial charge in [-0.15, -0.1) is 0 Å². The zero-order chi connectivity index (χ0) is 14.4. The fourth-order valence-electron chi connectivity index (χ4n) is 2.99. The Morgan fingerprint density at radius 3 is 2.76 bits per heavy atom. The Balaban J connectivity index is 1.89. The Hall–Kier alpha value is -2.69. The summed E-state index contributed by atoms with van der Waals surface area (Å²) in [5.74, 6) is 0. The minimum Gasteiger partial charge on any atom is -0.397 e. The molecule has 1 aromatic heterocycles. The van der Waals surface area contributed by atoms with E-state index in [1.807, 2.05) is 6.07 Å². The summed E-state index contributed by atoms with van der Waals surface area (Å²) in [5, 5.41) is 8.13. The van der Waals surface area contributed by atoms with Crippen LogP contribution in [0, 0.1) is 0 Å². The number of likely N-dealkylation sites (N-methyl/N-ethyl adjacent to an activating group) is 1. The summed E-state index contributed by atoms with van der Waals surface area (Å²) in [5.41, 5.74) is 11.5. The highest BCUT2D eigenvalue weighted by molar-refractivity contribution is 5.92. The minimum absolute atomic E-state index is 0.781. The molecule has 106 valence electrons. The molecular formula is C16H17N5. The van der Waals surface area contributed by atoms with E-state index in [4.69, 9.17) is 5.73 Å². The Kier molecular flexibility index (Phi) is 2.54. The lowest BCUT2D eigenvalue weighted by Gasteiger charge is -2.37. The number of aromatic amines is 1. The van der Waals surface area contributed by atoms with Gasteiger partial charge in [-0.05, 0) is 24.3 Å². The molecule has 0 fully saturated rings. The molecule has 3 aromatic rings. The predicted octanol–water partition coefficient (Wildman–Crippen LogP) is 2.73. The van der Waals surface area contributed by atoms with E-state index in [-0.39, 0.29) is 0 Å². The van der Waals surface area contributed by atoms with Crippen LogP contribution in [0.4, 0.5) is 22.7 Å². The van der Waals surface area contributed by atoms with Crippen LogP contribution in [-0.2, 0) is 0 Å². The van der Waals surface area contributed by atoms with Gasteiger partial charge in [-0.3, -0.25) is 5.10 Å². The monoisotopic (exact) mass is 279 g/mol. The van der Waals surface area contributed by atoms with Crippen molar-refractivity contribution in [2.24, 2.45) is 0 Å². The first-order valence-electron chi connectivity index (χ1n) is 7.04. The van der Waals surface area contributed by atoms with Gasteiger partial charge in [0.15, 0.2) is 0 Å². The quantitative estimate of drug-likeness (QED) is 0.672. The Bertz CT molecular complexity index is 807. The van der Waals surface area contributed by atoms with E-state index in [1.165, 1.54) is 11.4 Å². The second-order valence-corrected chi connectivity index (χ2v) is 5.43. The molecule has 0 atom stereocenters. The van der Waals surface area contributed by atoms with Gasteiger partial charge in [-0.25, -0.2) is 0 Å². The van der Waals surface area contributed by atoms with Gasteiger partial charge >= 0.3 is 0 Å². The molecule has 0 saturated heterocycles. The zero-order valence-electron chi connectivity index (χ0n) is 11.9. The largest absolute Gasteiger partial charge is 0.397 e. The molecule has 1 aliphatic rings. The molecule has 5 heteroatoms. The van der Waals surface area contributed by atoms with Crippen molar-refractivity contribution in [1.82, 2.24) is 10.2 Å². The number of nitrogens with zero attached hydrogens (tertiary/aromatic N) is 3. The van der Waals surface area contributed by atoms with Gasteiger partial charge in [0.2, 0.25) is 0 Å². The molecule has 0 saturated carbocycles. The van der Waals surface area contributed by atoms with Crippen LogP contribution in [0.15, 0.2) is 42.6 Å². The minimum atomic E-state index is 0.781. The third-order valence-electron chi connectivity index (χ3n) is 4.12. The molecule has 0 spiro atoms. The average molecular weight is 279 g/mol. The maximum Gasteiger partial charge on any atom is 0.0672 e. The first-order chi connectivity index (χ1) is 10.2. The SMILES string of the molecule is CN1CCN(c2cc3[nH]ncc3cc2N)c2ccccc21. The normalized spacial score (nSPS) is 14.5. The molecule has 2 heterocycles. The summed E-state index contributed by atoms with van der Waals surface area (Å²) in [6, 6.07) is 12.5. The predicted molar refractivity (Wildman–Crippen MR) is 87.2 cm³/mol. The number of benzene rings is 2. The molecule has 0 unspecified atom stereocenters. The number of anilines is 4. The Labute approximate surface area is 123 Å². The highest BCUT2D eigenvalue weighted by Gasteiger charge is 2.22. The van der Waals surface area contributed by atoms with E-state index in [2.05, 4.69) is 57.4 Å². The topological polar surface area (TPSA) is 61.2 Å². The van der Waals surface area contributed by atoms with Gasteiger partial charge in [0.25, 0.3) is 0 Å². The lowest BCUT2D eigenvalue weighted by molar-refractivity contribution is 0.823. The number of nitrogens with two attached hydrogens (primary N) is 1. The number of hydrogen-bond acceptors (Lipinski definition) is 4. The number of fused-ring (bicyclic) bond motifs is 2. The van der Waals surface area contributed by atoms with Gasteiger partial charge in [0, 0.05) is 25.5 Å². The fourth-order valence-corrected chi connectivity index (χ4v) is 2.99. The van der Waals surface area contributed by atoms with Crippen molar-refractivity contribution in [3.8, 4) is 0 Å². The highest BCUT2D eigenvalue weighted by atomic mass is 15.3. The zero-order valence-corrected chi connectivity index (χ0v) is 11.9. The van der Waals surface area contributed by atoms with Gasteiger partial charge in [-0.1, -0.05) is 12.1 Å². The first kappa shape index (κ1) is 12.1. The smallest absolute Gasteiger partial charge is 0.0672 e. The average Bonchev–Trinajstić information content (AvgIpc) is 2.94.